The molecule has 2 N–H and O–H groups in total. The van der Waals surface area contributed by atoms with Crippen LogP contribution in [0, 0.1) is 10.1 Å². The Morgan fingerprint density at radius 3 is 2.83 bits per heavy atom. The van der Waals surface area contributed by atoms with Crippen LogP contribution in [0.4, 0.5) is 5.69 Å². The van der Waals surface area contributed by atoms with Crippen molar-refractivity contribution in [3.05, 3.63) is 58.1 Å². The maximum absolute atomic E-state index is 12.0. The molecule has 1 heterocycles. The molecule has 1 amide bonds. The predicted molar refractivity (Wildman–Crippen MR) is 100 cm³/mol. The van der Waals surface area contributed by atoms with Crippen LogP contribution in [0.25, 0.3) is 11.4 Å². The van der Waals surface area contributed by atoms with Gasteiger partial charge in [-0.05, 0) is 11.3 Å². The maximum atomic E-state index is 12.0. The van der Waals surface area contributed by atoms with Crippen molar-refractivity contribution >= 4 is 17.8 Å². The number of carbonyl (C=O) groups is 1. The molecule has 1 aromatic heterocycles. The Morgan fingerprint density at radius 2 is 2.14 bits per heavy atom. The van der Waals surface area contributed by atoms with Crippen LogP contribution in [-0.2, 0) is 11.3 Å². The minimum absolute atomic E-state index is 0.0905. The summed E-state index contributed by atoms with van der Waals surface area (Å²) >= 11 is 0. The standard InChI is InChI=1S/C17H15N7O5/c1-29-14-8-11(7-13(16(14)26)24(27)28)9-18-19-15(25)10-23-21-17(20-22-23)12-5-3-2-4-6-12/h2-9,26H,10H2,1H3,(H,19,25)/b18-9+. The number of nitro groups is 1. The molecule has 0 aliphatic rings. The largest absolute Gasteiger partial charge is 0.500 e. The maximum Gasteiger partial charge on any atom is 0.315 e. The normalized spacial score (nSPS) is 10.8. The Labute approximate surface area is 163 Å². The lowest BCUT2D eigenvalue weighted by Crippen LogP contribution is -2.24. The quantitative estimate of drug-likeness (QED) is 0.341. The van der Waals surface area contributed by atoms with Gasteiger partial charge in [0.2, 0.25) is 11.6 Å². The van der Waals surface area contributed by atoms with Gasteiger partial charge in [-0.1, -0.05) is 30.3 Å². The van der Waals surface area contributed by atoms with E-state index in [0.29, 0.717) is 5.82 Å². The van der Waals surface area contributed by atoms with E-state index in [1.54, 1.807) is 0 Å². The Hall–Kier alpha value is -4.35. The number of phenolic OH excluding ortho intramolecular Hbond substituents is 1. The molecule has 0 fully saturated rings. The molecule has 0 saturated carbocycles. The number of aromatic nitrogens is 4. The Kier molecular flexibility index (Phi) is 5.73. The number of hydrazone groups is 1. The van der Waals surface area contributed by atoms with E-state index in [2.05, 4.69) is 25.9 Å². The number of aromatic hydroxyl groups is 1. The van der Waals surface area contributed by atoms with E-state index in [9.17, 15) is 20.0 Å². The fraction of sp³-hybridized carbons (Fsp3) is 0.118. The third-order valence-corrected chi connectivity index (χ3v) is 3.67. The summed E-state index contributed by atoms with van der Waals surface area (Å²) < 4.78 is 4.89. The number of tetrazole rings is 1. The number of ether oxygens (including phenoxy) is 1. The first kappa shape index (κ1) is 19.4. The predicted octanol–water partition coefficient (Wildman–Crippen LogP) is 1.11. The van der Waals surface area contributed by atoms with Crippen LogP contribution in [0.1, 0.15) is 5.56 Å². The molecule has 0 unspecified atom stereocenters. The van der Waals surface area contributed by atoms with Crippen LogP contribution in [0.3, 0.4) is 0 Å². The number of phenols is 1. The minimum Gasteiger partial charge on any atom is -0.500 e. The average Bonchev–Trinajstić information content (AvgIpc) is 3.17. The number of nitro benzene ring substituents is 1. The van der Waals surface area contributed by atoms with Gasteiger partial charge in [0.25, 0.3) is 5.91 Å². The zero-order valence-electron chi connectivity index (χ0n) is 15.1. The number of carbonyl (C=O) groups excluding carboxylic acids is 1. The van der Waals surface area contributed by atoms with Crippen LogP contribution in [0.5, 0.6) is 11.5 Å². The highest BCUT2D eigenvalue weighted by Crippen LogP contribution is 2.36. The van der Waals surface area contributed by atoms with E-state index in [4.69, 9.17) is 4.74 Å². The Balaban J connectivity index is 1.64. The monoisotopic (exact) mass is 397 g/mol. The topological polar surface area (TPSA) is 158 Å². The van der Waals surface area contributed by atoms with Gasteiger partial charge in [-0.25, -0.2) is 5.43 Å². The molecule has 0 spiro atoms. The molecule has 0 aliphatic carbocycles. The number of nitrogens with zero attached hydrogens (tertiary/aromatic N) is 6. The van der Waals surface area contributed by atoms with Crippen LogP contribution < -0.4 is 10.2 Å². The lowest BCUT2D eigenvalue weighted by Gasteiger charge is -2.05. The van der Waals surface area contributed by atoms with Crippen molar-refractivity contribution in [2.45, 2.75) is 6.54 Å². The number of methoxy groups -OCH3 is 1. The number of benzene rings is 2. The number of hydrogen-bond donors (Lipinski definition) is 2. The van der Waals surface area contributed by atoms with E-state index in [0.717, 1.165) is 16.4 Å². The number of amides is 1. The lowest BCUT2D eigenvalue weighted by atomic mass is 10.2. The third kappa shape index (κ3) is 4.68. The molecule has 29 heavy (non-hydrogen) atoms. The van der Waals surface area contributed by atoms with Gasteiger partial charge in [0.05, 0.1) is 18.2 Å². The van der Waals surface area contributed by atoms with Crippen molar-refractivity contribution in [3.63, 3.8) is 0 Å². The van der Waals surface area contributed by atoms with Gasteiger partial charge in [0, 0.05) is 17.2 Å². The third-order valence-electron chi connectivity index (χ3n) is 3.67. The molecular weight excluding hydrogens is 382 g/mol. The van der Waals surface area contributed by atoms with E-state index in [-0.39, 0.29) is 17.9 Å². The highest BCUT2D eigenvalue weighted by Gasteiger charge is 2.19. The second kappa shape index (κ2) is 8.56. The molecule has 0 atom stereocenters. The molecule has 0 aliphatic heterocycles. The van der Waals surface area contributed by atoms with Gasteiger partial charge in [-0.3, -0.25) is 14.9 Å². The molecule has 2 aromatic carbocycles. The molecule has 3 aromatic rings. The van der Waals surface area contributed by atoms with Crippen molar-refractivity contribution in [3.8, 4) is 22.9 Å². The van der Waals surface area contributed by atoms with Crippen LogP contribution in [-0.4, -0.2) is 49.5 Å². The smallest absolute Gasteiger partial charge is 0.315 e. The van der Waals surface area contributed by atoms with Crippen molar-refractivity contribution in [1.29, 1.82) is 0 Å². The van der Waals surface area contributed by atoms with Crippen molar-refractivity contribution in [1.82, 2.24) is 25.6 Å². The van der Waals surface area contributed by atoms with Crippen molar-refractivity contribution < 1.29 is 19.6 Å². The van der Waals surface area contributed by atoms with Crippen LogP contribution in [0.15, 0.2) is 47.6 Å². The number of rotatable bonds is 7. The fourth-order valence-corrected chi connectivity index (χ4v) is 2.34. The summed E-state index contributed by atoms with van der Waals surface area (Å²) in [5.41, 5.74) is 2.73. The highest BCUT2D eigenvalue weighted by atomic mass is 16.6. The summed E-state index contributed by atoms with van der Waals surface area (Å²) in [6.07, 6.45) is 1.18. The second-order valence-electron chi connectivity index (χ2n) is 5.65. The molecule has 0 bridgehead atoms. The number of hydrogen-bond acceptors (Lipinski definition) is 9. The summed E-state index contributed by atoms with van der Waals surface area (Å²) in [6.45, 7) is -0.226. The highest BCUT2D eigenvalue weighted by molar-refractivity contribution is 5.84. The minimum atomic E-state index is -0.755. The SMILES string of the molecule is COc1cc(/C=N/NC(=O)Cn2nnc(-c3ccccc3)n2)cc([N+](=O)[O-])c1O. The van der Waals surface area contributed by atoms with Crippen LogP contribution in [0.2, 0.25) is 0 Å². The molecule has 0 saturated heterocycles. The second-order valence-corrected chi connectivity index (χ2v) is 5.65. The van der Waals surface area contributed by atoms with Gasteiger partial charge in [-0.2, -0.15) is 9.90 Å². The summed E-state index contributed by atoms with van der Waals surface area (Å²) in [4.78, 5) is 23.3. The fourth-order valence-electron chi connectivity index (χ4n) is 2.34. The molecule has 12 heteroatoms. The average molecular weight is 397 g/mol. The van der Waals surface area contributed by atoms with E-state index >= 15 is 0 Å². The molecule has 148 valence electrons. The number of nitrogens with one attached hydrogen (secondary N) is 1. The Bertz CT molecular complexity index is 1070. The van der Waals surface area contributed by atoms with E-state index < -0.39 is 22.3 Å². The van der Waals surface area contributed by atoms with Gasteiger partial charge >= 0.3 is 5.69 Å². The van der Waals surface area contributed by atoms with Gasteiger partial charge in [0.1, 0.15) is 6.54 Å². The van der Waals surface area contributed by atoms with E-state index in [1.807, 2.05) is 30.3 Å². The zero-order valence-corrected chi connectivity index (χ0v) is 15.1. The van der Waals surface area contributed by atoms with Gasteiger partial charge < -0.3 is 9.84 Å². The van der Waals surface area contributed by atoms with E-state index in [1.165, 1.54) is 19.4 Å². The molecule has 0 radical (unpaired) electrons. The van der Waals surface area contributed by atoms with Gasteiger partial charge in [0.15, 0.2) is 5.75 Å². The summed E-state index contributed by atoms with van der Waals surface area (Å²) in [5.74, 6) is -0.832. The zero-order chi connectivity index (χ0) is 20.8. The first-order chi connectivity index (χ1) is 14.0. The summed E-state index contributed by atoms with van der Waals surface area (Å²) in [6, 6.07) is 11.6. The van der Waals surface area contributed by atoms with Crippen molar-refractivity contribution in [2.75, 3.05) is 7.11 Å². The lowest BCUT2D eigenvalue weighted by molar-refractivity contribution is -0.386. The first-order valence-corrected chi connectivity index (χ1v) is 8.18. The van der Waals surface area contributed by atoms with Crippen molar-refractivity contribution in [2.24, 2.45) is 5.10 Å². The van der Waals surface area contributed by atoms with Crippen LogP contribution >= 0.6 is 0 Å². The first-order valence-electron chi connectivity index (χ1n) is 8.18. The molecule has 12 nitrogen and oxygen atoms in total. The Morgan fingerprint density at radius 1 is 1.38 bits per heavy atom. The summed E-state index contributed by atoms with van der Waals surface area (Å²) in [7, 11) is 1.26. The molecular formula is C17H15N7O5. The van der Waals surface area contributed by atoms with Gasteiger partial charge in [-0.15, -0.1) is 10.2 Å². The summed E-state index contributed by atoms with van der Waals surface area (Å²) in [5, 5.41) is 36.3. The molecule has 3 rings (SSSR count).